The van der Waals surface area contributed by atoms with Crippen LogP contribution in [0.2, 0.25) is 0 Å². The first-order chi connectivity index (χ1) is 14.1. The van der Waals surface area contributed by atoms with Gasteiger partial charge in [0.2, 0.25) is 0 Å². The Morgan fingerprint density at radius 3 is 2.79 bits per heavy atom. The summed E-state index contributed by atoms with van der Waals surface area (Å²) in [4.78, 5) is 24.4. The summed E-state index contributed by atoms with van der Waals surface area (Å²) in [5.74, 6) is 1.70. The highest BCUT2D eigenvalue weighted by Gasteiger charge is 2.35. The monoisotopic (exact) mass is 389 g/mol. The van der Waals surface area contributed by atoms with Gasteiger partial charge in [-0.3, -0.25) is 14.7 Å². The van der Waals surface area contributed by atoms with Crippen LogP contribution in [0.25, 0.3) is 11.5 Å². The van der Waals surface area contributed by atoms with Crippen LogP contribution in [0.15, 0.2) is 30.6 Å². The van der Waals surface area contributed by atoms with Crippen molar-refractivity contribution in [3.63, 3.8) is 0 Å². The second-order valence-electron chi connectivity index (χ2n) is 7.93. The Balaban J connectivity index is 1.52. The Morgan fingerprint density at radius 2 is 2.07 bits per heavy atom. The summed E-state index contributed by atoms with van der Waals surface area (Å²) in [6, 6.07) is 7.79. The summed E-state index contributed by atoms with van der Waals surface area (Å²) >= 11 is 0. The molecule has 3 aromatic heterocycles. The predicted octanol–water partition coefficient (Wildman–Crippen LogP) is 2.81. The van der Waals surface area contributed by atoms with Crippen LogP contribution in [0.1, 0.15) is 66.0 Å². The molecule has 1 aliphatic heterocycles. The summed E-state index contributed by atoms with van der Waals surface area (Å²) < 4.78 is 1.96. The molecule has 148 valence electrons. The van der Waals surface area contributed by atoms with Crippen molar-refractivity contribution in [2.45, 2.75) is 51.7 Å². The molecule has 4 heterocycles. The number of carbonyl (C=O) groups is 1. The van der Waals surface area contributed by atoms with Crippen LogP contribution < -0.4 is 10.6 Å². The van der Waals surface area contributed by atoms with Crippen LogP contribution in [-0.2, 0) is 13.1 Å². The van der Waals surface area contributed by atoms with Gasteiger partial charge in [0.15, 0.2) is 5.82 Å². The maximum Gasteiger partial charge on any atom is 0.260 e. The fourth-order valence-electron chi connectivity index (χ4n) is 3.83. The van der Waals surface area contributed by atoms with Crippen LogP contribution in [0.3, 0.4) is 0 Å². The molecule has 1 amide bonds. The number of carbonyl (C=O) groups excluding carboxylic acids is 1. The lowest BCUT2D eigenvalue weighted by atomic mass is 10.1. The molecule has 0 spiro atoms. The lowest BCUT2D eigenvalue weighted by Crippen LogP contribution is -2.24. The lowest BCUT2D eigenvalue weighted by molar-refractivity contribution is 0.0996. The minimum atomic E-state index is -0.0472. The Morgan fingerprint density at radius 1 is 1.24 bits per heavy atom. The molecular weight excluding hydrogens is 366 g/mol. The summed E-state index contributed by atoms with van der Waals surface area (Å²) in [5.41, 5.74) is 10.1. The third-order valence-corrected chi connectivity index (χ3v) is 5.58. The number of hydrogen-bond acceptors (Lipinski definition) is 6. The number of aromatic nitrogens is 5. The average molecular weight is 389 g/mol. The van der Waals surface area contributed by atoms with Crippen molar-refractivity contribution in [1.82, 2.24) is 24.7 Å². The summed E-state index contributed by atoms with van der Waals surface area (Å²) in [7, 11) is 0. The minimum Gasteiger partial charge on any atom is -0.325 e. The van der Waals surface area contributed by atoms with Crippen LogP contribution in [0.5, 0.6) is 0 Å². The number of nitrogens with two attached hydrogens (primary N) is 1. The fourth-order valence-corrected chi connectivity index (χ4v) is 3.83. The SMILES string of the molecule is CC(C)n1cnnc1-c1cccc(N2Cc3c(cc(C4CC4)nc3CN)C2=O)n1. The first kappa shape index (κ1) is 17.9. The molecule has 0 unspecified atom stereocenters. The van der Waals surface area contributed by atoms with Crippen molar-refractivity contribution >= 4 is 11.7 Å². The van der Waals surface area contributed by atoms with Crippen molar-refractivity contribution in [2.75, 3.05) is 4.90 Å². The zero-order valence-corrected chi connectivity index (χ0v) is 16.5. The van der Waals surface area contributed by atoms with E-state index in [1.807, 2.05) is 28.8 Å². The van der Waals surface area contributed by atoms with Gasteiger partial charge >= 0.3 is 0 Å². The van der Waals surface area contributed by atoms with E-state index in [0.717, 1.165) is 29.8 Å². The van der Waals surface area contributed by atoms with E-state index in [1.54, 1.807) is 11.2 Å². The number of nitrogens with zero attached hydrogens (tertiary/aromatic N) is 6. The lowest BCUT2D eigenvalue weighted by Gasteiger charge is -2.16. The Labute approximate surface area is 168 Å². The number of rotatable bonds is 5. The van der Waals surface area contributed by atoms with Crippen LogP contribution >= 0.6 is 0 Å². The maximum atomic E-state index is 13.2. The molecule has 5 rings (SSSR count). The molecule has 0 radical (unpaired) electrons. The second kappa shape index (κ2) is 6.73. The van der Waals surface area contributed by atoms with E-state index in [1.165, 1.54) is 0 Å². The van der Waals surface area contributed by atoms with E-state index >= 15 is 0 Å². The van der Waals surface area contributed by atoms with Gasteiger partial charge in [0, 0.05) is 35.3 Å². The van der Waals surface area contributed by atoms with Crippen molar-refractivity contribution in [1.29, 1.82) is 0 Å². The molecule has 8 heteroatoms. The molecule has 0 saturated heterocycles. The minimum absolute atomic E-state index is 0.0472. The molecular formula is C21H23N7O. The van der Waals surface area contributed by atoms with Gasteiger partial charge in [-0.05, 0) is 44.9 Å². The highest BCUT2D eigenvalue weighted by Crippen LogP contribution is 2.41. The van der Waals surface area contributed by atoms with Gasteiger partial charge in [0.25, 0.3) is 5.91 Å². The molecule has 2 aliphatic rings. The van der Waals surface area contributed by atoms with E-state index in [9.17, 15) is 4.79 Å². The number of amides is 1. The highest BCUT2D eigenvalue weighted by atomic mass is 16.2. The summed E-state index contributed by atoms with van der Waals surface area (Å²) in [6.45, 7) is 4.90. The standard InChI is InChI=1S/C21H23N7O/c1-12(2)28-11-23-26-20(28)16-4-3-5-19(25-16)27-10-15-14(21(27)29)8-17(13-6-7-13)24-18(15)9-22/h3-5,8,11-13H,6-7,9-10,22H2,1-2H3. The largest absolute Gasteiger partial charge is 0.325 e. The molecule has 8 nitrogen and oxygen atoms in total. The summed E-state index contributed by atoms with van der Waals surface area (Å²) in [6.07, 6.45) is 3.96. The summed E-state index contributed by atoms with van der Waals surface area (Å²) in [5, 5.41) is 8.24. The smallest absolute Gasteiger partial charge is 0.260 e. The van der Waals surface area contributed by atoms with E-state index in [-0.39, 0.29) is 11.9 Å². The van der Waals surface area contributed by atoms with Crippen molar-refractivity contribution in [2.24, 2.45) is 5.73 Å². The molecule has 3 aromatic rings. The number of fused-ring (bicyclic) bond motifs is 1. The Kier molecular flexibility index (Phi) is 4.16. The molecule has 29 heavy (non-hydrogen) atoms. The number of pyridine rings is 2. The van der Waals surface area contributed by atoms with Gasteiger partial charge in [-0.25, -0.2) is 4.98 Å². The molecule has 1 fully saturated rings. The van der Waals surface area contributed by atoms with E-state index in [0.29, 0.717) is 41.9 Å². The molecule has 0 atom stereocenters. The molecule has 0 aromatic carbocycles. The van der Waals surface area contributed by atoms with E-state index < -0.39 is 0 Å². The van der Waals surface area contributed by atoms with E-state index in [4.69, 9.17) is 15.7 Å². The van der Waals surface area contributed by atoms with Crippen LogP contribution in [0, 0.1) is 0 Å². The third-order valence-electron chi connectivity index (χ3n) is 5.58. The normalized spacial score (nSPS) is 16.0. The quantitative estimate of drug-likeness (QED) is 0.720. The molecule has 1 saturated carbocycles. The van der Waals surface area contributed by atoms with Crippen molar-refractivity contribution in [3.05, 3.63) is 53.1 Å². The Hall–Kier alpha value is -3.13. The first-order valence-electron chi connectivity index (χ1n) is 9.98. The topological polar surface area (TPSA) is 103 Å². The van der Waals surface area contributed by atoms with E-state index in [2.05, 4.69) is 24.0 Å². The first-order valence-corrected chi connectivity index (χ1v) is 9.98. The van der Waals surface area contributed by atoms with Gasteiger partial charge in [-0.2, -0.15) is 0 Å². The van der Waals surface area contributed by atoms with Crippen molar-refractivity contribution < 1.29 is 4.79 Å². The number of anilines is 1. The number of hydrogen-bond donors (Lipinski definition) is 1. The highest BCUT2D eigenvalue weighted by molar-refractivity contribution is 6.09. The fraction of sp³-hybridized carbons (Fsp3) is 0.381. The van der Waals surface area contributed by atoms with Gasteiger partial charge in [-0.1, -0.05) is 6.07 Å². The zero-order valence-electron chi connectivity index (χ0n) is 16.5. The molecule has 2 N–H and O–H groups in total. The average Bonchev–Trinajstić information content (AvgIpc) is 3.36. The third kappa shape index (κ3) is 3.00. The van der Waals surface area contributed by atoms with Gasteiger partial charge in [0.1, 0.15) is 17.8 Å². The van der Waals surface area contributed by atoms with Crippen molar-refractivity contribution in [3.8, 4) is 11.5 Å². The van der Waals surface area contributed by atoms with Crippen LogP contribution in [-0.4, -0.2) is 30.6 Å². The van der Waals surface area contributed by atoms with Crippen LogP contribution in [0.4, 0.5) is 5.82 Å². The Bertz CT molecular complexity index is 1100. The molecule has 1 aliphatic carbocycles. The van der Waals surface area contributed by atoms with Gasteiger partial charge in [-0.15, -0.1) is 10.2 Å². The van der Waals surface area contributed by atoms with Gasteiger partial charge in [0.05, 0.1) is 12.2 Å². The van der Waals surface area contributed by atoms with Gasteiger partial charge < -0.3 is 10.3 Å². The predicted molar refractivity (Wildman–Crippen MR) is 108 cm³/mol. The zero-order chi connectivity index (χ0) is 20.1. The maximum absolute atomic E-state index is 13.2. The second-order valence-corrected chi connectivity index (χ2v) is 7.93. The molecule has 0 bridgehead atoms.